The number of nitrogens with two attached hydrogens (primary N) is 1. The zero-order valence-electron chi connectivity index (χ0n) is 13.1. The van der Waals surface area contributed by atoms with Crippen molar-refractivity contribution < 1.29 is 13.2 Å². The molecule has 124 valence electrons. The number of carbonyl (C=O) groups excluding carboxylic acids is 1. The van der Waals surface area contributed by atoms with Gasteiger partial charge in [0, 0.05) is 24.9 Å². The van der Waals surface area contributed by atoms with Gasteiger partial charge < -0.3 is 10.6 Å². The molecule has 1 aromatic rings. The third kappa shape index (κ3) is 3.80. The van der Waals surface area contributed by atoms with Gasteiger partial charge in [-0.3, -0.25) is 4.79 Å². The zero-order chi connectivity index (χ0) is 15.8. The molecule has 5 nitrogen and oxygen atoms in total. The molecule has 1 aliphatic rings. The van der Waals surface area contributed by atoms with E-state index in [2.05, 4.69) is 6.92 Å². The first-order valence-electron chi connectivity index (χ1n) is 6.96. The van der Waals surface area contributed by atoms with Crippen molar-refractivity contribution in [3.05, 3.63) is 29.3 Å². The molecule has 1 aromatic carbocycles. The van der Waals surface area contributed by atoms with E-state index in [4.69, 9.17) is 5.73 Å². The van der Waals surface area contributed by atoms with Gasteiger partial charge in [0.15, 0.2) is 9.84 Å². The third-order valence-electron chi connectivity index (χ3n) is 4.21. The molecule has 1 aliphatic heterocycles. The minimum absolute atomic E-state index is 0. The number of carbonyl (C=O) groups is 1. The number of hydrogen-bond acceptors (Lipinski definition) is 4. The molecule has 1 heterocycles. The maximum Gasteiger partial charge on any atom is 0.254 e. The van der Waals surface area contributed by atoms with Gasteiger partial charge in [-0.15, -0.1) is 12.4 Å². The zero-order valence-corrected chi connectivity index (χ0v) is 14.8. The van der Waals surface area contributed by atoms with E-state index in [-0.39, 0.29) is 28.6 Å². The summed E-state index contributed by atoms with van der Waals surface area (Å²) in [6, 6.07) is 4.70. The van der Waals surface area contributed by atoms with Gasteiger partial charge in [-0.2, -0.15) is 0 Å². The first kappa shape index (κ1) is 18.9. The molecule has 0 bridgehead atoms. The summed E-state index contributed by atoms with van der Waals surface area (Å²) in [6.07, 6.45) is 2.02. The smallest absolute Gasteiger partial charge is 0.254 e. The van der Waals surface area contributed by atoms with Crippen molar-refractivity contribution in [1.29, 1.82) is 0 Å². The lowest BCUT2D eigenvalue weighted by Gasteiger charge is -2.23. The van der Waals surface area contributed by atoms with E-state index >= 15 is 0 Å². The minimum atomic E-state index is -3.32. The Hall–Kier alpha value is -1.11. The van der Waals surface area contributed by atoms with E-state index in [0.29, 0.717) is 25.2 Å². The second-order valence-corrected chi connectivity index (χ2v) is 8.26. The summed E-state index contributed by atoms with van der Waals surface area (Å²) in [5, 5.41) is 0. The average Bonchev–Trinajstić information content (AvgIpc) is 2.81. The Balaban J connectivity index is 0.00000242. The number of rotatable bonds is 3. The highest BCUT2D eigenvalue weighted by Gasteiger charge is 2.35. The fourth-order valence-corrected chi connectivity index (χ4v) is 3.24. The normalized spacial score (nSPS) is 21.5. The van der Waals surface area contributed by atoms with Crippen LogP contribution in [-0.2, 0) is 9.84 Å². The van der Waals surface area contributed by atoms with Crippen LogP contribution in [-0.4, -0.2) is 45.1 Å². The molecule has 2 rings (SSSR count). The summed E-state index contributed by atoms with van der Waals surface area (Å²) < 4.78 is 23.3. The molecular weight excluding hydrogens is 324 g/mol. The highest BCUT2D eigenvalue weighted by molar-refractivity contribution is 7.90. The van der Waals surface area contributed by atoms with Gasteiger partial charge in [0.1, 0.15) is 0 Å². The van der Waals surface area contributed by atoms with Crippen molar-refractivity contribution >= 4 is 28.2 Å². The summed E-state index contributed by atoms with van der Waals surface area (Å²) in [4.78, 5) is 14.6. The molecule has 0 saturated carbocycles. The Morgan fingerprint density at radius 1 is 1.41 bits per heavy atom. The van der Waals surface area contributed by atoms with E-state index in [0.717, 1.165) is 18.2 Å². The van der Waals surface area contributed by atoms with E-state index in [1.165, 1.54) is 12.1 Å². The quantitative estimate of drug-likeness (QED) is 0.902. The molecule has 1 fully saturated rings. The molecule has 1 saturated heterocycles. The first-order chi connectivity index (χ1) is 9.66. The SMILES string of the molecule is Cc1ccc(S(C)(=O)=O)cc1C(=O)N1CCC(C)(CN)C1.Cl. The van der Waals surface area contributed by atoms with Crippen LogP contribution in [0.1, 0.15) is 29.3 Å². The van der Waals surface area contributed by atoms with Crippen LogP contribution in [0, 0.1) is 12.3 Å². The summed E-state index contributed by atoms with van der Waals surface area (Å²) in [6.45, 7) is 5.71. The topological polar surface area (TPSA) is 80.5 Å². The highest BCUT2D eigenvalue weighted by atomic mass is 35.5. The molecule has 22 heavy (non-hydrogen) atoms. The van der Waals surface area contributed by atoms with E-state index in [1.807, 2.05) is 6.92 Å². The Kier molecular flexibility index (Phi) is 5.65. The highest BCUT2D eigenvalue weighted by Crippen LogP contribution is 2.30. The van der Waals surface area contributed by atoms with Gasteiger partial charge in [0.25, 0.3) is 5.91 Å². The van der Waals surface area contributed by atoms with Gasteiger partial charge in [0.05, 0.1) is 4.90 Å². The number of likely N-dealkylation sites (tertiary alicyclic amines) is 1. The van der Waals surface area contributed by atoms with Crippen LogP contribution in [0.5, 0.6) is 0 Å². The number of hydrogen-bond donors (Lipinski definition) is 1. The van der Waals surface area contributed by atoms with E-state index < -0.39 is 9.84 Å². The van der Waals surface area contributed by atoms with Crippen molar-refractivity contribution in [1.82, 2.24) is 4.90 Å². The molecule has 2 N–H and O–H groups in total. The fourth-order valence-electron chi connectivity index (χ4n) is 2.60. The summed E-state index contributed by atoms with van der Waals surface area (Å²) >= 11 is 0. The molecule has 0 spiro atoms. The maximum atomic E-state index is 12.6. The Morgan fingerprint density at radius 3 is 2.55 bits per heavy atom. The van der Waals surface area contributed by atoms with E-state index in [9.17, 15) is 13.2 Å². The molecule has 1 atom stereocenters. The molecule has 0 aliphatic carbocycles. The van der Waals surface area contributed by atoms with E-state index in [1.54, 1.807) is 11.0 Å². The first-order valence-corrected chi connectivity index (χ1v) is 8.85. The lowest BCUT2D eigenvalue weighted by molar-refractivity contribution is 0.0776. The van der Waals surface area contributed by atoms with Crippen molar-refractivity contribution in [2.24, 2.45) is 11.1 Å². The van der Waals surface area contributed by atoms with Crippen LogP contribution in [0.2, 0.25) is 0 Å². The van der Waals surface area contributed by atoms with Gasteiger partial charge >= 0.3 is 0 Å². The van der Waals surface area contributed by atoms with Crippen LogP contribution < -0.4 is 5.73 Å². The van der Waals surface area contributed by atoms with Gasteiger partial charge in [0.2, 0.25) is 0 Å². The molecule has 1 amide bonds. The predicted molar refractivity (Wildman–Crippen MR) is 89.2 cm³/mol. The lowest BCUT2D eigenvalue weighted by Crippen LogP contribution is -2.34. The van der Waals surface area contributed by atoms with Gasteiger partial charge in [-0.25, -0.2) is 8.42 Å². The Morgan fingerprint density at radius 2 is 2.05 bits per heavy atom. The fraction of sp³-hybridized carbons (Fsp3) is 0.533. The van der Waals surface area contributed by atoms with Gasteiger partial charge in [-0.05, 0) is 43.0 Å². The minimum Gasteiger partial charge on any atom is -0.338 e. The predicted octanol–water partition coefficient (Wildman–Crippen LogP) is 1.63. The Labute approximate surface area is 138 Å². The summed E-state index contributed by atoms with van der Waals surface area (Å²) in [5.74, 6) is -0.116. The molecular formula is C15H23ClN2O3S. The third-order valence-corrected chi connectivity index (χ3v) is 5.32. The molecule has 7 heteroatoms. The van der Waals surface area contributed by atoms with Crippen molar-refractivity contribution in [2.75, 3.05) is 25.9 Å². The van der Waals surface area contributed by atoms with Crippen LogP contribution in [0.4, 0.5) is 0 Å². The number of aryl methyl sites for hydroxylation is 1. The second-order valence-electron chi connectivity index (χ2n) is 6.24. The number of sulfone groups is 1. The standard InChI is InChI=1S/C15H22N2O3S.ClH/c1-11-4-5-12(21(3,19)20)8-13(11)14(18)17-7-6-15(2,9-16)10-17;/h4-5,8H,6-7,9-10,16H2,1-3H3;1H. The second kappa shape index (κ2) is 6.56. The maximum absolute atomic E-state index is 12.6. The lowest BCUT2D eigenvalue weighted by atomic mass is 9.90. The van der Waals surface area contributed by atoms with Crippen LogP contribution in [0.3, 0.4) is 0 Å². The number of benzene rings is 1. The van der Waals surface area contributed by atoms with Crippen molar-refractivity contribution in [3.8, 4) is 0 Å². The largest absolute Gasteiger partial charge is 0.338 e. The van der Waals surface area contributed by atoms with Gasteiger partial charge in [-0.1, -0.05) is 13.0 Å². The van der Waals surface area contributed by atoms with Crippen molar-refractivity contribution in [2.45, 2.75) is 25.2 Å². The summed E-state index contributed by atoms with van der Waals surface area (Å²) in [7, 11) is -3.32. The summed E-state index contributed by atoms with van der Waals surface area (Å²) in [5.41, 5.74) is 6.96. The van der Waals surface area contributed by atoms with Crippen LogP contribution in [0.15, 0.2) is 23.1 Å². The van der Waals surface area contributed by atoms with Crippen LogP contribution >= 0.6 is 12.4 Å². The number of amides is 1. The average molecular weight is 347 g/mol. The van der Waals surface area contributed by atoms with Crippen molar-refractivity contribution in [3.63, 3.8) is 0 Å². The molecule has 0 radical (unpaired) electrons. The molecule has 1 unspecified atom stereocenters. The number of halogens is 1. The number of nitrogens with zero attached hydrogens (tertiary/aromatic N) is 1. The molecule has 0 aromatic heterocycles. The monoisotopic (exact) mass is 346 g/mol. The Bertz CT molecular complexity index is 675. The van der Waals surface area contributed by atoms with Crippen LogP contribution in [0.25, 0.3) is 0 Å².